The van der Waals surface area contributed by atoms with Gasteiger partial charge < -0.3 is 14.8 Å². The molecule has 1 amide bonds. The molecule has 1 saturated heterocycles. The monoisotopic (exact) mass is 375 g/mol. The average molecular weight is 375 g/mol. The number of alkyl carbamates (subject to hydrolysis) is 1. The molecule has 1 aliphatic heterocycles. The molecule has 2 aromatic carbocycles. The Balaban J connectivity index is 1.68. The number of halogens is 1. The van der Waals surface area contributed by atoms with E-state index in [1.165, 1.54) is 6.07 Å². The second-order valence-electron chi connectivity index (χ2n) is 6.52. The summed E-state index contributed by atoms with van der Waals surface area (Å²) in [6.45, 7) is 3.95. The summed E-state index contributed by atoms with van der Waals surface area (Å²) in [7, 11) is 0. The highest BCUT2D eigenvalue weighted by Gasteiger charge is 2.39. The summed E-state index contributed by atoms with van der Waals surface area (Å²) in [5.74, 6) is 0.118. The van der Waals surface area contributed by atoms with Gasteiger partial charge in [-0.2, -0.15) is 0 Å². The van der Waals surface area contributed by atoms with E-state index in [4.69, 9.17) is 9.47 Å². The zero-order valence-corrected chi connectivity index (χ0v) is 15.6. The van der Waals surface area contributed by atoms with Crippen LogP contribution in [-0.4, -0.2) is 23.4 Å². The summed E-state index contributed by atoms with van der Waals surface area (Å²) < 4.78 is 25.1. The van der Waals surface area contributed by atoms with Crippen molar-refractivity contribution in [2.24, 2.45) is 0 Å². The number of thioether (sulfide) groups is 1. The lowest BCUT2D eigenvalue weighted by Crippen LogP contribution is -2.46. The van der Waals surface area contributed by atoms with Gasteiger partial charge in [0, 0.05) is 11.3 Å². The number of carbonyl (C=O) groups is 1. The molecule has 1 fully saturated rings. The fourth-order valence-corrected chi connectivity index (χ4v) is 3.91. The largest absolute Gasteiger partial charge is 0.445 e. The first-order chi connectivity index (χ1) is 12.5. The van der Waals surface area contributed by atoms with Gasteiger partial charge in [-0.1, -0.05) is 48.5 Å². The Labute approximate surface area is 157 Å². The summed E-state index contributed by atoms with van der Waals surface area (Å²) in [5.41, 5.74) is 0.501. The van der Waals surface area contributed by atoms with Crippen LogP contribution in [0.15, 0.2) is 54.6 Å². The third-order valence-electron chi connectivity index (χ3n) is 4.25. The molecule has 1 N–H and O–H groups in total. The van der Waals surface area contributed by atoms with Gasteiger partial charge in [0.2, 0.25) is 0 Å². The van der Waals surface area contributed by atoms with Gasteiger partial charge in [0.1, 0.15) is 17.9 Å². The second kappa shape index (κ2) is 8.10. The molecule has 138 valence electrons. The van der Waals surface area contributed by atoms with Crippen molar-refractivity contribution < 1.29 is 18.7 Å². The van der Waals surface area contributed by atoms with E-state index in [0.29, 0.717) is 11.3 Å². The molecular weight excluding hydrogens is 353 g/mol. The Kier molecular flexibility index (Phi) is 5.84. The maximum Gasteiger partial charge on any atom is 0.408 e. The molecule has 1 aliphatic rings. The number of hydrogen-bond donors (Lipinski definition) is 1. The van der Waals surface area contributed by atoms with E-state index in [1.807, 2.05) is 37.3 Å². The molecule has 0 aromatic heterocycles. The molecule has 6 heteroatoms. The van der Waals surface area contributed by atoms with E-state index in [2.05, 4.69) is 5.32 Å². The van der Waals surface area contributed by atoms with Crippen LogP contribution < -0.4 is 5.32 Å². The van der Waals surface area contributed by atoms with Crippen molar-refractivity contribution in [3.8, 4) is 0 Å². The number of rotatable bonds is 7. The molecule has 0 saturated carbocycles. The van der Waals surface area contributed by atoms with Gasteiger partial charge in [-0.05, 0) is 25.5 Å². The summed E-state index contributed by atoms with van der Waals surface area (Å²) in [4.78, 5) is 12.3. The first-order valence-corrected chi connectivity index (χ1v) is 9.54. The molecule has 3 unspecified atom stereocenters. The van der Waals surface area contributed by atoms with Crippen LogP contribution in [0.3, 0.4) is 0 Å². The standard InChI is InChI=1S/C20H22FNO3S/c1-14-18(25-14)26-13-20(2,16-10-6-7-11-17(16)21)22-19(23)24-12-15-8-4-3-5-9-15/h3-11,14,18H,12-13H2,1-2H3,(H,22,23). The van der Waals surface area contributed by atoms with Crippen molar-refractivity contribution in [3.63, 3.8) is 0 Å². The Morgan fingerprint density at radius 1 is 1.23 bits per heavy atom. The molecule has 4 nitrogen and oxygen atoms in total. The van der Waals surface area contributed by atoms with Crippen LogP contribution >= 0.6 is 11.8 Å². The number of ether oxygens (including phenoxy) is 2. The van der Waals surface area contributed by atoms with Crippen molar-refractivity contribution in [3.05, 3.63) is 71.5 Å². The van der Waals surface area contributed by atoms with Crippen LogP contribution in [0.4, 0.5) is 9.18 Å². The molecule has 2 aromatic rings. The van der Waals surface area contributed by atoms with Crippen LogP contribution in [0, 0.1) is 5.82 Å². The van der Waals surface area contributed by atoms with E-state index < -0.39 is 11.6 Å². The van der Waals surface area contributed by atoms with Crippen LogP contribution in [0.2, 0.25) is 0 Å². The third-order valence-corrected chi connectivity index (χ3v) is 5.82. The van der Waals surface area contributed by atoms with E-state index in [0.717, 1.165) is 5.56 Å². The van der Waals surface area contributed by atoms with Gasteiger partial charge >= 0.3 is 6.09 Å². The lowest BCUT2D eigenvalue weighted by Gasteiger charge is -2.31. The number of nitrogens with one attached hydrogen (secondary N) is 1. The summed E-state index contributed by atoms with van der Waals surface area (Å²) in [5, 5.41) is 2.84. The average Bonchev–Trinajstić information content (AvgIpc) is 3.35. The number of carbonyl (C=O) groups excluding carboxylic acids is 1. The highest BCUT2D eigenvalue weighted by molar-refractivity contribution is 8.00. The highest BCUT2D eigenvalue weighted by atomic mass is 32.2. The minimum Gasteiger partial charge on any atom is -0.445 e. The Hall–Kier alpha value is -2.05. The quantitative estimate of drug-likeness (QED) is 0.727. The predicted molar refractivity (Wildman–Crippen MR) is 100 cm³/mol. The molecule has 0 aliphatic carbocycles. The Morgan fingerprint density at radius 2 is 1.88 bits per heavy atom. The van der Waals surface area contributed by atoms with Crippen LogP contribution in [0.1, 0.15) is 25.0 Å². The fourth-order valence-electron chi connectivity index (χ4n) is 2.66. The molecule has 26 heavy (non-hydrogen) atoms. The van der Waals surface area contributed by atoms with Crippen molar-refractivity contribution in [2.75, 3.05) is 5.75 Å². The maximum absolute atomic E-state index is 14.4. The van der Waals surface area contributed by atoms with Crippen molar-refractivity contribution in [1.29, 1.82) is 0 Å². The van der Waals surface area contributed by atoms with Crippen LogP contribution in [-0.2, 0) is 21.6 Å². The number of epoxide rings is 1. The van der Waals surface area contributed by atoms with E-state index in [-0.39, 0.29) is 24.0 Å². The van der Waals surface area contributed by atoms with Crippen LogP contribution in [0.5, 0.6) is 0 Å². The van der Waals surface area contributed by atoms with Gasteiger partial charge in [-0.25, -0.2) is 9.18 Å². The summed E-state index contributed by atoms with van der Waals surface area (Å²) >= 11 is 1.56. The molecule has 0 radical (unpaired) electrons. The van der Waals surface area contributed by atoms with Gasteiger partial charge in [0.25, 0.3) is 0 Å². The second-order valence-corrected chi connectivity index (χ2v) is 7.61. The van der Waals surface area contributed by atoms with Gasteiger partial charge in [0.15, 0.2) is 0 Å². The number of hydrogen-bond acceptors (Lipinski definition) is 4. The summed E-state index contributed by atoms with van der Waals surface area (Å²) in [6.07, 6.45) is -0.389. The Bertz CT molecular complexity index is 758. The molecule has 0 spiro atoms. The molecule has 3 atom stereocenters. The predicted octanol–water partition coefficient (Wildman–Crippen LogP) is 4.45. The minimum absolute atomic E-state index is 0.0863. The number of benzene rings is 2. The zero-order valence-electron chi connectivity index (χ0n) is 14.8. The van der Waals surface area contributed by atoms with E-state index >= 15 is 0 Å². The molecule has 1 heterocycles. The van der Waals surface area contributed by atoms with Gasteiger partial charge in [0.05, 0.1) is 11.6 Å². The first kappa shape index (κ1) is 18.7. The van der Waals surface area contributed by atoms with E-state index in [9.17, 15) is 9.18 Å². The fraction of sp³-hybridized carbons (Fsp3) is 0.350. The molecular formula is C20H22FNO3S. The Morgan fingerprint density at radius 3 is 2.54 bits per heavy atom. The van der Waals surface area contributed by atoms with Gasteiger partial charge in [-0.3, -0.25) is 0 Å². The highest BCUT2D eigenvalue weighted by Crippen LogP contribution is 2.37. The van der Waals surface area contributed by atoms with Crippen molar-refractivity contribution in [2.45, 2.75) is 37.5 Å². The minimum atomic E-state index is -0.907. The SMILES string of the molecule is CC1OC1SCC(C)(NC(=O)OCc1ccccc1)c1ccccc1F. The lowest BCUT2D eigenvalue weighted by molar-refractivity contribution is 0.129. The maximum atomic E-state index is 14.4. The normalized spacial score (nSPS) is 20.9. The van der Waals surface area contributed by atoms with Crippen molar-refractivity contribution >= 4 is 17.9 Å². The lowest BCUT2D eigenvalue weighted by atomic mass is 9.94. The first-order valence-electron chi connectivity index (χ1n) is 8.49. The molecule has 0 bridgehead atoms. The number of amides is 1. The smallest absolute Gasteiger partial charge is 0.408 e. The zero-order chi connectivity index (χ0) is 18.6. The van der Waals surface area contributed by atoms with E-state index in [1.54, 1.807) is 36.9 Å². The van der Waals surface area contributed by atoms with Crippen molar-refractivity contribution in [1.82, 2.24) is 5.32 Å². The van der Waals surface area contributed by atoms with Gasteiger partial charge in [-0.15, -0.1) is 11.8 Å². The summed E-state index contributed by atoms with van der Waals surface area (Å²) in [6, 6.07) is 15.9. The molecule has 3 rings (SSSR count). The van der Waals surface area contributed by atoms with Crippen LogP contribution in [0.25, 0.3) is 0 Å². The third kappa shape index (κ3) is 4.77. The topological polar surface area (TPSA) is 50.9 Å².